The molecule has 0 aliphatic rings. The molecule has 0 aromatic heterocycles. The summed E-state index contributed by atoms with van der Waals surface area (Å²) < 4.78 is 0. The number of carbonyl (C=O) groups excluding carboxylic acids is 1. The first-order valence-corrected chi connectivity index (χ1v) is 14.9. The second kappa shape index (κ2) is 27.4. The summed E-state index contributed by atoms with van der Waals surface area (Å²) in [6, 6.07) is 0. The molecule has 3 heteroatoms. The maximum Gasteiger partial charge on any atom is 0.303 e. The Morgan fingerprint density at radius 1 is 0.394 bits per heavy atom. The lowest BCUT2D eigenvalue weighted by Crippen LogP contribution is -1.98. The quantitative estimate of drug-likeness (QED) is 0.117. The number of unbranched alkanes of at least 4 members (excludes halogenated alkanes) is 22. The summed E-state index contributed by atoms with van der Waals surface area (Å²) in [5, 5.41) is 8.59. The third-order valence-electron chi connectivity index (χ3n) is 6.91. The van der Waals surface area contributed by atoms with Crippen LogP contribution in [-0.2, 0) is 9.59 Å². The minimum Gasteiger partial charge on any atom is -0.481 e. The van der Waals surface area contributed by atoms with Crippen molar-refractivity contribution < 1.29 is 14.7 Å². The molecule has 0 atom stereocenters. The van der Waals surface area contributed by atoms with Crippen molar-refractivity contribution in [2.45, 2.75) is 180 Å². The number of aliphatic carboxylic acids is 1. The first kappa shape index (κ1) is 32.1. The highest BCUT2D eigenvalue weighted by atomic mass is 16.4. The molecule has 3 nitrogen and oxygen atoms in total. The molecule has 0 rings (SSSR count). The van der Waals surface area contributed by atoms with Gasteiger partial charge in [0.05, 0.1) is 0 Å². The van der Waals surface area contributed by atoms with Crippen LogP contribution in [0.1, 0.15) is 180 Å². The lowest BCUT2D eigenvalue weighted by molar-refractivity contribution is -0.137. The van der Waals surface area contributed by atoms with Crippen molar-refractivity contribution in [3.8, 4) is 0 Å². The fraction of sp³-hybridized carbons (Fsp3) is 0.933. The Morgan fingerprint density at radius 2 is 0.636 bits per heavy atom. The minimum absolute atomic E-state index is 0.230. The van der Waals surface area contributed by atoms with Crippen LogP contribution in [0.2, 0.25) is 0 Å². The van der Waals surface area contributed by atoms with Gasteiger partial charge in [-0.1, -0.05) is 142 Å². The molecule has 0 aromatic rings. The van der Waals surface area contributed by atoms with E-state index in [1.165, 1.54) is 128 Å². The first-order chi connectivity index (χ1) is 16.2. The van der Waals surface area contributed by atoms with Gasteiger partial charge in [0.1, 0.15) is 5.78 Å². The molecular formula is C30H58O3. The number of Topliss-reactive ketones (excluding diaryl/α,β-unsaturated/α-hetero) is 1. The second-order valence-electron chi connectivity index (χ2n) is 10.3. The van der Waals surface area contributed by atoms with E-state index in [1.54, 1.807) is 0 Å². The minimum atomic E-state index is -0.735. The fourth-order valence-corrected chi connectivity index (χ4v) is 4.65. The molecule has 0 saturated heterocycles. The van der Waals surface area contributed by atoms with Crippen LogP contribution in [-0.4, -0.2) is 16.9 Å². The maximum absolute atomic E-state index is 11.8. The maximum atomic E-state index is 11.8. The van der Waals surface area contributed by atoms with E-state index >= 15 is 0 Å². The Hall–Kier alpha value is -0.860. The SMILES string of the molecule is CCCCCCCCCCCCCCCCCCCCCCCC(=O)CCCCCC(=O)O. The molecule has 0 spiro atoms. The Kier molecular flexibility index (Phi) is 26.7. The average Bonchev–Trinajstić information content (AvgIpc) is 2.79. The van der Waals surface area contributed by atoms with Gasteiger partial charge in [-0.2, -0.15) is 0 Å². The molecule has 0 bridgehead atoms. The smallest absolute Gasteiger partial charge is 0.303 e. The van der Waals surface area contributed by atoms with Crippen LogP contribution in [0.15, 0.2) is 0 Å². The normalized spacial score (nSPS) is 11.2. The summed E-state index contributed by atoms with van der Waals surface area (Å²) in [4.78, 5) is 22.3. The molecular weight excluding hydrogens is 408 g/mol. The van der Waals surface area contributed by atoms with Gasteiger partial charge in [0, 0.05) is 19.3 Å². The molecule has 1 N–H and O–H groups in total. The van der Waals surface area contributed by atoms with Crippen molar-refractivity contribution in [3.05, 3.63) is 0 Å². The van der Waals surface area contributed by atoms with E-state index in [2.05, 4.69) is 6.92 Å². The number of carbonyl (C=O) groups is 2. The number of ketones is 1. The zero-order chi connectivity index (χ0) is 24.2. The number of carboxylic acid groups (broad SMARTS) is 1. The van der Waals surface area contributed by atoms with E-state index in [4.69, 9.17) is 5.11 Å². The highest BCUT2D eigenvalue weighted by Crippen LogP contribution is 2.15. The van der Waals surface area contributed by atoms with Crippen molar-refractivity contribution >= 4 is 11.8 Å². The fourth-order valence-electron chi connectivity index (χ4n) is 4.65. The Balaban J connectivity index is 3.11. The summed E-state index contributed by atoms with van der Waals surface area (Å²) in [7, 11) is 0. The van der Waals surface area contributed by atoms with E-state index in [-0.39, 0.29) is 6.42 Å². The van der Waals surface area contributed by atoms with Gasteiger partial charge in [-0.05, 0) is 19.3 Å². The van der Waals surface area contributed by atoms with Crippen LogP contribution in [0.25, 0.3) is 0 Å². The lowest BCUT2D eigenvalue weighted by atomic mass is 10.0. The number of carboxylic acids is 1. The Morgan fingerprint density at radius 3 is 0.939 bits per heavy atom. The van der Waals surface area contributed by atoms with E-state index in [0.717, 1.165) is 25.7 Å². The van der Waals surface area contributed by atoms with Gasteiger partial charge in [-0.25, -0.2) is 0 Å². The molecule has 0 aromatic carbocycles. The number of hydrogen-bond donors (Lipinski definition) is 1. The summed E-state index contributed by atoms with van der Waals surface area (Å²) in [5.41, 5.74) is 0. The third kappa shape index (κ3) is 29.1. The number of hydrogen-bond acceptors (Lipinski definition) is 2. The van der Waals surface area contributed by atoms with Gasteiger partial charge in [-0.3, -0.25) is 9.59 Å². The number of rotatable bonds is 28. The molecule has 0 fully saturated rings. The Bertz CT molecular complexity index is 419. The molecule has 0 amide bonds. The van der Waals surface area contributed by atoms with Crippen LogP contribution >= 0.6 is 0 Å². The largest absolute Gasteiger partial charge is 0.481 e. The molecule has 196 valence electrons. The summed E-state index contributed by atoms with van der Waals surface area (Å²) in [6.07, 6.45) is 33.1. The van der Waals surface area contributed by atoms with Gasteiger partial charge < -0.3 is 5.11 Å². The lowest BCUT2D eigenvalue weighted by Gasteiger charge is -2.04. The average molecular weight is 467 g/mol. The van der Waals surface area contributed by atoms with Crippen LogP contribution in [0.4, 0.5) is 0 Å². The Labute approximate surface area is 206 Å². The van der Waals surface area contributed by atoms with Gasteiger partial charge in [0.25, 0.3) is 0 Å². The van der Waals surface area contributed by atoms with E-state index in [0.29, 0.717) is 18.6 Å². The highest BCUT2D eigenvalue weighted by Gasteiger charge is 2.03. The van der Waals surface area contributed by atoms with E-state index < -0.39 is 5.97 Å². The van der Waals surface area contributed by atoms with Gasteiger partial charge in [-0.15, -0.1) is 0 Å². The van der Waals surface area contributed by atoms with Crippen molar-refractivity contribution in [3.63, 3.8) is 0 Å². The van der Waals surface area contributed by atoms with E-state index in [9.17, 15) is 9.59 Å². The zero-order valence-corrected chi connectivity index (χ0v) is 22.4. The summed E-state index contributed by atoms with van der Waals surface area (Å²) >= 11 is 0. The first-order valence-electron chi connectivity index (χ1n) is 14.9. The predicted molar refractivity (Wildman–Crippen MR) is 143 cm³/mol. The topological polar surface area (TPSA) is 54.4 Å². The van der Waals surface area contributed by atoms with Crippen LogP contribution in [0, 0.1) is 0 Å². The standard InChI is InChI=1S/C30H58O3/c1-2-3-4-5-6-7-8-9-10-11-12-13-14-15-16-17-18-19-20-21-23-26-29(31)27-24-22-25-28-30(32)33/h2-28H2,1H3,(H,32,33). The predicted octanol–water partition coefficient (Wildman–Crippen LogP) is 10.2. The monoisotopic (exact) mass is 466 g/mol. The third-order valence-corrected chi connectivity index (χ3v) is 6.91. The van der Waals surface area contributed by atoms with Crippen LogP contribution in [0.5, 0.6) is 0 Å². The van der Waals surface area contributed by atoms with Gasteiger partial charge in [0.15, 0.2) is 0 Å². The van der Waals surface area contributed by atoms with Gasteiger partial charge >= 0.3 is 5.97 Å². The summed E-state index contributed by atoms with van der Waals surface area (Å²) in [5.74, 6) is -0.371. The van der Waals surface area contributed by atoms with Crippen molar-refractivity contribution in [2.24, 2.45) is 0 Å². The van der Waals surface area contributed by atoms with Crippen LogP contribution in [0.3, 0.4) is 0 Å². The molecule has 0 heterocycles. The molecule has 0 aliphatic carbocycles. The molecule has 0 unspecified atom stereocenters. The zero-order valence-electron chi connectivity index (χ0n) is 22.4. The molecule has 33 heavy (non-hydrogen) atoms. The van der Waals surface area contributed by atoms with Crippen molar-refractivity contribution in [2.75, 3.05) is 0 Å². The highest BCUT2D eigenvalue weighted by molar-refractivity contribution is 5.78. The van der Waals surface area contributed by atoms with Crippen molar-refractivity contribution in [1.82, 2.24) is 0 Å². The molecule has 0 aliphatic heterocycles. The second-order valence-corrected chi connectivity index (χ2v) is 10.3. The molecule has 0 saturated carbocycles. The van der Waals surface area contributed by atoms with Crippen LogP contribution < -0.4 is 0 Å². The van der Waals surface area contributed by atoms with E-state index in [1.807, 2.05) is 0 Å². The molecule has 0 radical (unpaired) electrons. The van der Waals surface area contributed by atoms with Crippen molar-refractivity contribution in [1.29, 1.82) is 0 Å². The van der Waals surface area contributed by atoms with Gasteiger partial charge in [0.2, 0.25) is 0 Å². The summed E-state index contributed by atoms with van der Waals surface area (Å²) in [6.45, 7) is 2.29.